The number of benzene rings is 1. The van der Waals surface area contributed by atoms with Crippen molar-refractivity contribution in [3.63, 3.8) is 0 Å². The molecule has 0 unspecified atom stereocenters. The fourth-order valence-electron chi connectivity index (χ4n) is 2.89. The topological polar surface area (TPSA) is 37.8 Å². The average molecular weight is 265 g/mol. The predicted molar refractivity (Wildman–Crippen MR) is 80.8 cm³/mol. The summed E-state index contributed by atoms with van der Waals surface area (Å²) in [5, 5.41) is 12.0. The molecule has 0 saturated heterocycles. The Balaban J connectivity index is 1.59. The van der Waals surface area contributed by atoms with Gasteiger partial charge in [0.15, 0.2) is 0 Å². The Bertz CT molecular complexity index is 615. The molecule has 1 aromatic heterocycles. The zero-order chi connectivity index (χ0) is 13.4. The van der Waals surface area contributed by atoms with Gasteiger partial charge in [0.25, 0.3) is 0 Å². The number of nitrogens with zero attached hydrogens (tertiary/aromatic N) is 2. The van der Waals surface area contributed by atoms with Gasteiger partial charge in [0.1, 0.15) is 5.82 Å². The van der Waals surface area contributed by atoms with Gasteiger partial charge in [-0.2, -0.15) is 0 Å². The number of nitrogens with one attached hydrogen (secondary N) is 1. The van der Waals surface area contributed by atoms with Gasteiger partial charge in [0, 0.05) is 11.6 Å². The molecule has 0 spiro atoms. The third-order valence-electron chi connectivity index (χ3n) is 4.24. The summed E-state index contributed by atoms with van der Waals surface area (Å²) in [4.78, 5) is 0. The highest BCUT2D eigenvalue weighted by molar-refractivity contribution is 5.61. The smallest absolute Gasteiger partial charge is 0.148 e. The van der Waals surface area contributed by atoms with Gasteiger partial charge < -0.3 is 5.32 Å². The van der Waals surface area contributed by atoms with Crippen LogP contribution in [0.2, 0.25) is 0 Å². The van der Waals surface area contributed by atoms with Crippen molar-refractivity contribution in [2.45, 2.75) is 44.6 Å². The molecule has 2 aliphatic rings. The second-order valence-electron chi connectivity index (χ2n) is 5.91. The van der Waals surface area contributed by atoms with Crippen LogP contribution in [0.4, 0.5) is 5.82 Å². The lowest BCUT2D eigenvalue weighted by molar-refractivity contribution is 0.686. The SMILES string of the molecule is c1cc2c(cc1-c1ccc(NC3CC3)nn1)CCCC2. The minimum Gasteiger partial charge on any atom is -0.366 e. The monoisotopic (exact) mass is 265 g/mol. The first-order chi connectivity index (χ1) is 9.88. The molecule has 102 valence electrons. The van der Waals surface area contributed by atoms with Crippen LogP contribution >= 0.6 is 0 Å². The molecule has 0 amide bonds. The molecule has 4 rings (SSSR count). The Hall–Kier alpha value is -1.90. The summed E-state index contributed by atoms with van der Waals surface area (Å²) >= 11 is 0. The predicted octanol–water partition coefficient (Wildman–Crippen LogP) is 3.60. The van der Waals surface area contributed by atoms with Crippen molar-refractivity contribution in [1.82, 2.24) is 10.2 Å². The summed E-state index contributed by atoms with van der Waals surface area (Å²) in [6.07, 6.45) is 7.59. The van der Waals surface area contributed by atoms with Gasteiger partial charge in [-0.1, -0.05) is 12.1 Å². The van der Waals surface area contributed by atoms with E-state index in [4.69, 9.17) is 0 Å². The minimum atomic E-state index is 0.624. The molecular formula is C17H19N3. The van der Waals surface area contributed by atoms with Crippen LogP contribution in [0.5, 0.6) is 0 Å². The Morgan fingerprint density at radius 1 is 0.900 bits per heavy atom. The summed E-state index contributed by atoms with van der Waals surface area (Å²) in [5.41, 5.74) is 5.17. The number of rotatable bonds is 3. The van der Waals surface area contributed by atoms with Gasteiger partial charge in [0.05, 0.1) is 5.69 Å². The Kier molecular flexibility index (Phi) is 2.91. The van der Waals surface area contributed by atoms with Gasteiger partial charge in [-0.15, -0.1) is 10.2 Å². The summed E-state index contributed by atoms with van der Waals surface area (Å²) in [5.74, 6) is 0.897. The number of hydrogen-bond donors (Lipinski definition) is 1. The lowest BCUT2D eigenvalue weighted by Gasteiger charge is -2.16. The standard InChI is InChI=1S/C17H19N3/c1-2-4-13-11-14(6-5-12(13)3-1)16-9-10-17(20-19-16)18-15-7-8-15/h5-6,9-11,15H,1-4,7-8H2,(H,18,20). The molecule has 1 heterocycles. The normalized spacial score (nSPS) is 17.6. The number of hydrogen-bond acceptors (Lipinski definition) is 3. The van der Waals surface area contributed by atoms with Crippen LogP contribution < -0.4 is 5.32 Å². The van der Waals surface area contributed by atoms with E-state index in [0.29, 0.717) is 6.04 Å². The maximum absolute atomic E-state index is 4.37. The van der Waals surface area contributed by atoms with Gasteiger partial charge >= 0.3 is 0 Å². The molecule has 0 bridgehead atoms. The minimum absolute atomic E-state index is 0.624. The van der Waals surface area contributed by atoms with E-state index in [-0.39, 0.29) is 0 Å². The van der Waals surface area contributed by atoms with E-state index in [1.54, 1.807) is 0 Å². The molecule has 2 aromatic rings. The van der Waals surface area contributed by atoms with Crippen LogP contribution in [0.1, 0.15) is 36.8 Å². The summed E-state index contributed by atoms with van der Waals surface area (Å²) in [6, 6.07) is 11.5. The molecule has 20 heavy (non-hydrogen) atoms. The fraction of sp³-hybridized carbons (Fsp3) is 0.412. The average Bonchev–Trinajstić information content (AvgIpc) is 3.32. The molecule has 0 radical (unpaired) electrons. The van der Waals surface area contributed by atoms with Crippen molar-refractivity contribution in [3.05, 3.63) is 41.5 Å². The van der Waals surface area contributed by atoms with Crippen LogP contribution in [0.25, 0.3) is 11.3 Å². The lowest BCUT2D eigenvalue weighted by atomic mass is 9.90. The Morgan fingerprint density at radius 3 is 2.50 bits per heavy atom. The van der Waals surface area contributed by atoms with Crippen molar-refractivity contribution >= 4 is 5.82 Å². The van der Waals surface area contributed by atoms with Crippen molar-refractivity contribution in [2.75, 3.05) is 5.32 Å². The highest BCUT2D eigenvalue weighted by atomic mass is 15.2. The van der Waals surface area contributed by atoms with Gasteiger partial charge in [-0.25, -0.2) is 0 Å². The third-order valence-corrected chi connectivity index (χ3v) is 4.24. The Labute approximate surface area is 119 Å². The first-order valence-corrected chi connectivity index (χ1v) is 7.61. The van der Waals surface area contributed by atoms with Crippen LogP contribution in [0, 0.1) is 0 Å². The highest BCUT2D eigenvalue weighted by Gasteiger charge is 2.21. The quantitative estimate of drug-likeness (QED) is 0.921. The molecule has 3 heteroatoms. The van der Waals surface area contributed by atoms with E-state index in [0.717, 1.165) is 11.5 Å². The van der Waals surface area contributed by atoms with Crippen LogP contribution in [0.3, 0.4) is 0 Å². The van der Waals surface area contributed by atoms with Crippen LogP contribution in [0.15, 0.2) is 30.3 Å². The Morgan fingerprint density at radius 2 is 1.75 bits per heavy atom. The van der Waals surface area contributed by atoms with E-state index >= 15 is 0 Å². The van der Waals surface area contributed by atoms with E-state index < -0.39 is 0 Å². The fourth-order valence-corrected chi connectivity index (χ4v) is 2.89. The first kappa shape index (κ1) is 11.9. The molecular weight excluding hydrogens is 246 g/mol. The maximum atomic E-state index is 4.37. The zero-order valence-corrected chi connectivity index (χ0v) is 11.6. The van der Waals surface area contributed by atoms with Crippen molar-refractivity contribution in [2.24, 2.45) is 0 Å². The van der Waals surface area contributed by atoms with Crippen molar-refractivity contribution in [3.8, 4) is 11.3 Å². The summed E-state index contributed by atoms with van der Waals surface area (Å²) < 4.78 is 0. The number of aromatic nitrogens is 2. The highest BCUT2D eigenvalue weighted by Crippen LogP contribution is 2.27. The summed E-state index contributed by atoms with van der Waals surface area (Å²) in [6.45, 7) is 0. The van der Waals surface area contributed by atoms with E-state index in [1.165, 1.54) is 55.2 Å². The number of fused-ring (bicyclic) bond motifs is 1. The second kappa shape index (κ2) is 4.89. The molecule has 0 aliphatic heterocycles. The number of anilines is 1. The van der Waals surface area contributed by atoms with Gasteiger partial charge in [-0.3, -0.25) is 0 Å². The maximum Gasteiger partial charge on any atom is 0.148 e. The zero-order valence-electron chi connectivity index (χ0n) is 11.6. The third kappa shape index (κ3) is 2.40. The van der Waals surface area contributed by atoms with E-state index in [1.807, 2.05) is 6.07 Å². The molecule has 0 atom stereocenters. The second-order valence-corrected chi connectivity index (χ2v) is 5.91. The van der Waals surface area contributed by atoms with Crippen LogP contribution in [-0.2, 0) is 12.8 Å². The van der Waals surface area contributed by atoms with Gasteiger partial charge in [-0.05, 0) is 67.9 Å². The molecule has 1 aromatic carbocycles. The molecule has 2 aliphatic carbocycles. The molecule has 1 saturated carbocycles. The first-order valence-electron chi connectivity index (χ1n) is 7.61. The van der Waals surface area contributed by atoms with E-state index in [9.17, 15) is 0 Å². The van der Waals surface area contributed by atoms with E-state index in [2.05, 4.69) is 39.8 Å². The van der Waals surface area contributed by atoms with Crippen molar-refractivity contribution < 1.29 is 0 Å². The van der Waals surface area contributed by atoms with Gasteiger partial charge in [0.2, 0.25) is 0 Å². The lowest BCUT2D eigenvalue weighted by Crippen LogP contribution is -2.04. The molecule has 1 fully saturated rings. The largest absolute Gasteiger partial charge is 0.366 e. The molecule has 3 nitrogen and oxygen atoms in total. The molecule has 1 N–H and O–H groups in total. The number of aryl methyl sites for hydroxylation is 2. The van der Waals surface area contributed by atoms with Crippen molar-refractivity contribution in [1.29, 1.82) is 0 Å². The summed E-state index contributed by atoms with van der Waals surface area (Å²) in [7, 11) is 0. The van der Waals surface area contributed by atoms with Crippen LogP contribution in [-0.4, -0.2) is 16.2 Å².